The van der Waals surface area contributed by atoms with E-state index in [4.69, 9.17) is 0 Å². The highest BCUT2D eigenvalue weighted by Gasteiger charge is 2.44. The lowest BCUT2D eigenvalue weighted by atomic mass is 10.0. The maximum absolute atomic E-state index is 13.0. The van der Waals surface area contributed by atoms with E-state index >= 15 is 0 Å². The van der Waals surface area contributed by atoms with Gasteiger partial charge < -0.3 is 10.6 Å². The van der Waals surface area contributed by atoms with Gasteiger partial charge in [-0.25, -0.2) is 0 Å². The Morgan fingerprint density at radius 3 is 2.57 bits per heavy atom. The third-order valence-electron chi connectivity index (χ3n) is 3.73. The van der Waals surface area contributed by atoms with Crippen molar-refractivity contribution in [2.24, 2.45) is 0 Å². The van der Waals surface area contributed by atoms with Gasteiger partial charge >= 0.3 is 6.18 Å². The van der Waals surface area contributed by atoms with Crippen LogP contribution < -0.4 is 10.6 Å². The summed E-state index contributed by atoms with van der Waals surface area (Å²) in [4.78, 5) is 23.0. The number of carbonyl (C=O) groups excluding carboxylic acids is 2. The molecule has 4 nitrogen and oxygen atoms in total. The molecule has 2 atom stereocenters. The Bertz CT molecular complexity index is 587. The van der Waals surface area contributed by atoms with Gasteiger partial charge in [-0.1, -0.05) is 25.1 Å². The summed E-state index contributed by atoms with van der Waals surface area (Å²) in [5.74, 6) is -0.924. The van der Waals surface area contributed by atoms with Crippen LogP contribution in [0.4, 0.5) is 13.2 Å². The first-order valence-electron chi connectivity index (χ1n) is 7.55. The SMILES string of the molecule is CCCC(=O)NCC(=O)N[C@@H]1C[C@@H]1c1ccccc1C(F)(F)F. The minimum absolute atomic E-state index is 0.150. The predicted molar refractivity (Wildman–Crippen MR) is 78.7 cm³/mol. The van der Waals surface area contributed by atoms with Crippen LogP contribution in [-0.2, 0) is 15.8 Å². The molecule has 0 saturated heterocycles. The Hall–Kier alpha value is -2.05. The molecule has 23 heavy (non-hydrogen) atoms. The summed E-state index contributed by atoms with van der Waals surface area (Å²) in [6.07, 6.45) is -2.89. The fourth-order valence-corrected chi connectivity index (χ4v) is 2.53. The van der Waals surface area contributed by atoms with Gasteiger partial charge in [0.2, 0.25) is 11.8 Å². The molecule has 1 saturated carbocycles. The van der Waals surface area contributed by atoms with Crippen LogP contribution in [0.1, 0.15) is 43.2 Å². The number of rotatable bonds is 6. The number of carbonyl (C=O) groups is 2. The molecule has 1 aliphatic carbocycles. The molecule has 126 valence electrons. The van der Waals surface area contributed by atoms with Gasteiger partial charge in [-0.05, 0) is 24.5 Å². The molecule has 0 aromatic heterocycles. The summed E-state index contributed by atoms with van der Waals surface area (Å²) in [6.45, 7) is 1.70. The van der Waals surface area contributed by atoms with Crippen LogP contribution in [0.5, 0.6) is 0 Å². The largest absolute Gasteiger partial charge is 0.416 e. The fraction of sp³-hybridized carbons (Fsp3) is 0.500. The molecule has 0 bridgehead atoms. The Balaban J connectivity index is 1.89. The molecule has 2 N–H and O–H groups in total. The molecule has 1 aliphatic rings. The van der Waals surface area contributed by atoms with E-state index < -0.39 is 11.7 Å². The van der Waals surface area contributed by atoms with Crippen LogP contribution in [0, 0.1) is 0 Å². The standard InChI is InChI=1S/C16H19F3N2O2/c1-2-5-14(22)20-9-15(23)21-13-8-11(13)10-6-3-4-7-12(10)16(17,18)19/h3-4,6-7,11,13H,2,5,8-9H2,1H3,(H,20,22)(H,21,23)/t11-,13-/m1/s1. The third kappa shape index (κ3) is 4.71. The molecule has 7 heteroatoms. The van der Waals surface area contributed by atoms with Crippen molar-refractivity contribution in [1.29, 1.82) is 0 Å². The van der Waals surface area contributed by atoms with E-state index in [0.717, 1.165) is 6.07 Å². The van der Waals surface area contributed by atoms with Gasteiger partial charge in [-0.15, -0.1) is 0 Å². The van der Waals surface area contributed by atoms with Crippen molar-refractivity contribution in [2.45, 2.75) is 44.3 Å². The zero-order chi connectivity index (χ0) is 17.0. The van der Waals surface area contributed by atoms with Gasteiger partial charge in [0.05, 0.1) is 12.1 Å². The molecule has 0 unspecified atom stereocenters. The predicted octanol–water partition coefficient (Wildman–Crippen LogP) is 2.59. The van der Waals surface area contributed by atoms with E-state index in [1.54, 1.807) is 6.07 Å². The first-order chi connectivity index (χ1) is 10.8. The van der Waals surface area contributed by atoms with E-state index in [1.165, 1.54) is 12.1 Å². The average Bonchev–Trinajstić information content (AvgIpc) is 3.23. The van der Waals surface area contributed by atoms with Crippen LogP contribution in [0.3, 0.4) is 0 Å². The van der Waals surface area contributed by atoms with Gasteiger partial charge in [0.1, 0.15) is 0 Å². The molecule has 2 amide bonds. The van der Waals surface area contributed by atoms with E-state index in [-0.39, 0.29) is 35.9 Å². The summed E-state index contributed by atoms with van der Waals surface area (Å²) in [6, 6.07) is 5.10. The zero-order valence-electron chi connectivity index (χ0n) is 12.7. The molecular weight excluding hydrogens is 309 g/mol. The minimum Gasteiger partial charge on any atom is -0.351 e. The van der Waals surface area contributed by atoms with Crippen molar-refractivity contribution in [3.8, 4) is 0 Å². The lowest BCUT2D eigenvalue weighted by molar-refractivity contribution is -0.138. The Labute approximate surface area is 132 Å². The van der Waals surface area contributed by atoms with Crippen LogP contribution in [-0.4, -0.2) is 24.4 Å². The molecule has 0 heterocycles. The number of hydrogen-bond donors (Lipinski definition) is 2. The van der Waals surface area contributed by atoms with Crippen LogP contribution in [0.25, 0.3) is 0 Å². The van der Waals surface area contributed by atoms with E-state index in [9.17, 15) is 22.8 Å². The number of nitrogens with one attached hydrogen (secondary N) is 2. The van der Waals surface area contributed by atoms with Gasteiger partial charge in [0.25, 0.3) is 0 Å². The fourth-order valence-electron chi connectivity index (χ4n) is 2.53. The highest BCUT2D eigenvalue weighted by atomic mass is 19.4. The van der Waals surface area contributed by atoms with Crippen LogP contribution in [0.2, 0.25) is 0 Å². The molecule has 1 aromatic carbocycles. The minimum atomic E-state index is -4.40. The molecule has 0 radical (unpaired) electrons. The maximum Gasteiger partial charge on any atom is 0.416 e. The monoisotopic (exact) mass is 328 g/mol. The van der Waals surface area contributed by atoms with Crippen molar-refractivity contribution in [1.82, 2.24) is 10.6 Å². The van der Waals surface area contributed by atoms with Gasteiger partial charge in [-0.2, -0.15) is 13.2 Å². The summed E-state index contributed by atoms with van der Waals surface area (Å²) in [5.41, 5.74) is -0.446. The average molecular weight is 328 g/mol. The summed E-state index contributed by atoms with van der Waals surface area (Å²) in [5, 5.41) is 5.13. The second-order valence-electron chi connectivity index (χ2n) is 5.63. The Kier molecular flexibility index (Phi) is 5.28. The highest BCUT2D eigenvalue weighted by Crippen LogP contribution is 2.46. The van der Waals surface area contributed by atoms with Gasteiger partial charge in [0, 0.05) is 18.4 Å². The molecule has 0 spiro atoms. The number of hydrogen-bond acceptors (Lipinski definition) is 2. The van der Waals surface area contributed by atoms with E-state index in [1.807, 2.05) is 6.92 Å². The maximum atomic E-state index is 13.0. The van der Waals surface area contributed by atoms with Crippen LogP contribution >= 0.6 is 0 Å². The van der Waals surface area contributed by atoms with Crippen molar-refractivity contribution < 1.29 is 22.8 Å². The Morgan fingerprint density at radius 2 is 1.91 bits per heavy atom. The normalized spacial score (nSPS) is 20.0. The van der Waals surface area contributed by atoms with Gasteiger partial charge in [0.15, 0.2) is 0 Å². The van der Waals surface area contributed by atoms with E-state index in [0.29, 0.717) is 19.3 Å². The van der Waals surface area contributed by atoms with Crippen molar-refractivity contribution in [3.63, 3.8) is 0 Å². The van der Waals surface area contributed by atoms with E-state index in [2.05, 4.69) is 10.6 Å². The molecular formula is C16H19F3N2O2. The first-order valence-corrected chi connectivity index (χ1v) is 7.55. The lowest BCUT2D eigenvalue weighted by Gasteiger charge is -2.12. The summed E-state index contributed by atoms with van der Waals surface area (Å²) in [7, 11) is 0. The first kappa shape index (κ1) is 17.3. The summed E-state index contributed by atoms with van der Waals surface area (Å²) >= 11 is 0. The molecule has 0 aliphatic heterocycles. The smallest absolute Gasteiger partial charge is 0.351 e. The highest BCUT2D eigenvalue weighted by molar-refractivity contribution is 5.85. The zero-order valence-corrected chi connectivity index (χ0v) is 12.7. The second kappa shape index (κ2) is 7.02. The van der Waals surface area contributed by atoms with Crippen molar-refractivity contribution in [3.05, 3.63) is 35.4 Å². The number of alkyl halides is 3. The number of halogens is 3. The van der Waals surface area contributed by atoms with Crippen molar-refractivity contribution in [2.75, 3.05) is 6.54 Å². The third-order valence-corrected chi connectivity index (χ3v) is 3.73. The lowest BCUT2D eigenvalue weighted by Crippen LogP contribution is -2.38. The Morgan fingerprint density at radius 1 is 1.22 bits per heavy atom. The molecule has 2 rings (SSSR count). The number of amides is 2. The van der Waals surface area contributed by atoms with Crippen molar-refractivity contribution >= 4 is 11.8 Å². The van der Waals surface area contributed by atoms with Gasteiger partial charge in [-0.3, -0.25) is 9.59 Å². The topological polar surface area (TPSA) is 58.2 Å². The summed E-state index contributed by atoms with van der Waals surface area (Å²) < 4.78 is 38.9. The quantitative estimate of drug-likeness (QED) is 0.843. The molecule has 1 aromatic rings. The number of benzene rings is 1. The molecule has 1 fully saturated rings. The van der Waals surface area contributed by atoms with Crippen LogP contribution in [0.15, 0.2) is 24.3 Å². The second-order valence-corrected chi connectivity index (χ2v) is 5.63.